The minimum Gasteiger partial charge on any atom is -0.463 e. The number of rotatable bonds is 11. The van der Waals surface area contributed by atoms with E-state index >= 15 is 0 Å². The van der Waals surface area contributed by atoms with E-state index in [0.29, 0.717) is 28.2 Å². The molecule has 0 aliphatic heterocycles. The number of para-hydroxylation sites is 1. The summed E-state index contributed by atoms with van der Waals surface area (Å²) in [4.78, 5) is 43.5. The van der Waals surface area contributed by atoms with Crippen LogP contribution in [-0.4, -0.2) is 47.5 Å². The summed E-state index contributed by atoms with van der Waals surface area (Å²) in [5, 5.41) is 4.09. The van der Waals surface area contributed by atoms with Gasteiger partial charge in [0.05, 0.1) is 0 Å². The number of aromatic amines is 1. The molecule has 1 amide bonds. The first-order valence-electron chi connectivity index (χ1n) is 12.5. The highest BCUT2D eigenvalue weighted by molar-refractivity contribution is 6.30. The Balaban J connectivity index is 1.49. The summed E-state index contributed by atoms with van der Waals surface area (Å²) in [6, 6.07) is 24.3. The fourth-order valence-electron chi connectivity index (χ4n) is 4.27. The molecular formula is C30H30ClN3O4. The molecule has 0 aliphatic rings. The second-order valence-electron chi connectivity index (χ2n) is 8.96. The van der Waals surface area contributed by atoms with Crippen LogP contribution in [-0.2, 0) is 22.5 Å². The molecule has 4 rings (SSSR count). The van der Waals surface area contributed by atoms with Crippen LogP contribution >= 0.6 is 11.6 Å². The van der Waals surface area contributed by atoms with Crippen molar-refractivity contribution >= 4 is 34.4 Å². The van der Waals surface area contributed by atoms with Crippen molar-refractivity contribution < 1.29 is 14.3 Å². The van der Waals surface area contributed by atoms with Gasteiger partial charge < -0.3 is 15.0 Å². The molecule has 4 aromatic rings. The lowest BCUT2D eigenvalue weighted by atomic mass is 10.0. The predicted molar refractivity (Wildman–Crippen MR) is 149 cm³/mol. The van der Waals surface area contributed by atoms with Crippen LogP contribution in [0.25, 0.3) is 10.9 Å². The van der Waals surface area contributed by atoms with Gasteiger partial charge in [0, 0.05) is 47.1 Å². The van der Waals surface area contributed by atoms with Gasteiger partial charge in [-0.2, -0.15) is 0 Å². The van der Waals surface area contributed by atoms with Crippen molar-refractivity contribution in [1.29, 1.82) is 0 Å². The van der Waals surface area contributed by atoms with E-state index < -0.39 is 17.9 Å². The van der Waals surface area contributed by atoms with Crippen LogP contribution in [0.4, 0.5) is 0 Å². The number of hydrogen-bond acceptors (Lipinski definition) is 5. The number of amides is 1. The van der Waals surface area contributed by atoms with Gasteiger partial charge in [0.15, 0.2) is 0 Å². The number of fused-ring (bicyclic) bond motifs is 1. The zero-order valence-electron chi connectivity index (χ0n) is 21.2. The van der Waals surface area contributed by atoms with E-state index in [9.17, 15) is 14.4 Å². The van der Waals surface area contributed by atoms with E-state index in [4.69, 9.17) is 16.3 Å². The largest absolute Gasteiger partial charge is 0.463 e. The lowest BCUT2D eigenvalue weighted by molar-refractivity contribution is -0.146. The van der Waals surface area contributed by atoms with Crippen LogP contribution in [0.2, 0.25) is 5.02 Å². The lowest BCUT2D eigenvalue weighted by Gasteiger charge is -2.22. The van der Waals surface area contributed by atoms with E-state index in [-0.39, 0.29) is 18.6 Å². The molecule has 1 aromatic heterocycles. The molecule has 0 bridgehead atoms. The van der Waals surface area contributed by atoms with Gasteiger partial charge in [-0.1, -0.05) is 67.1 Å². The summed E-state index contributed by atoms with van der Waals surface area (Å²) in [7, 11) is 0. The lowest BCUT2D eigenvalue weighted by Crippen LogP contribution is -2.44. The zero-order valence-corrected chi connectivity index (χ0v) is 21.9. The molecule has 0 aliphatic carbocycles. The van der Waals surface area contributed by atoms with Crippen LogP contribution in [0.5, 0.6) is 0 Å². The van der Waals surface area contributed by atoms with Crippen LogP contribution in [0.15, 0.2) is 89.7 Å². The number of likely N-dealkylation sites (N-methyl/N-ethyl adjacent to an activating group) is 1. The van der Waals surface area contributed by atoms with E-state index in [1.54, 1.807) is 30.3 Å². The Morgan fingerprint density at radius 1 is 1.00 bits per heavy atom. The predicted octanol–water partition coefficient (Wildman–Crippen LogP) is 4.59. The third-order valence-corrected chi connectivity index (χ3v) is 6.56. The quantitative estimate of drug-likeness (QED) is 0.276. The Hall–Kier alpha value is -3.94. The summed E-state index contributed by atoms with van der Waals surface area (Å²) in [5.74, 6) is -0.996. The van der Waals surface area contributed by atoms with Crippen LogP contribution in [0.3, 0.4) is 0 Å². The Bertz CT molecular complexity index is 1440. The number of benzene rings is 3. The summed E-state index contributed by atoms with van der Waals surface area (Å²) >= 11 is 5.95. The molecule has 196 valence electrons. The van der Waals surface area contributed by atoms with E-state index in [1.807, 2.05) is 36.4 Å². The molecule has 0 saturated heterocycles. The third kappa shape index (κ3) is 7.31. The number of nitrogens with one attached hydrogen (secondary N) is 2. The number of aromatic nitrogens is 1. The number of halogens is 1. The maximum absolute atomic E-state index is 13.3. The average Bonchev–Trinajstić information content (AvgIpc) is 2.92. The van der Waals surface area contributed by atoms with Crippen molar-refractivity contribution in [3.8, 4) is 0 Å². The summed E-state index contributed by atoms with van der Waals surface area (Å²) < 4.78 is 5.64. The highest BCUT2D eigenvalue weighted by atomic mass is 35.5. The molecule has 0 spiro atoms. The van der Waals surface area contributed by atoms with Gasteiger partial charge in [-0.3, -0.25) is 14.5 Å². The van der Waals surface area contributed by atoms with E-state index in [2.05, 4.69) is 34.3 Å². The molecule has 1 unspecified atom stereocenters. The van der Waals surface area contributed by atoms with Gasteiger partial charge in [-0.15, -0.1) is 0 Å². The number of pyridine rings is 1. The van der Waals surface area contributed by atoms with Crippen molar-refractivity contribution in [2.75, 3.05) is 19.7 Å². The van der Waals surface area contributed by atoms with Crippen molar-refractivity contribution in [1.82, 2.24) is 15.2 Å². The van der Waals surface area contributed by atoms with Crippen molar-refractivity contribution in [3.63, 3.8) is 0 Å². The van der Waals surface area contributed by atoms with E-state index in [1.165, 1.54) is 11.6 Å². The normalized spacial score (nSPS) is 11.9. The maximum Gasteiger partial charge on any atom is 0.329 e. The smallest absolute Gasteiger partial charge is 0.329 e. The monoisotopic (exact) mass is 531 g/mol. The average molecular weight is 532 g/mol. The highest BCUT2D eigenvalue weighted by Gasteiger charge is 2.25. The molecule has 2 N–H and O–H groups in total. The van der Waals surface area contributed by atoms with Crippen LogP contribution in [0, 0.1) is 0 Å². The number of ether oxygens (including phenoxy) is 1. The molecule has 7 nitrogen and oxygen atoms in total. The maximum atomic E-state index is 13.3. The Labute approximate surface area is 226 Å². The Morgan fingerprint density at radius 2 is 1.71 bits per heavy atom. The standard InChI is InChI=1S/C30H30ClN3O4/c1-2-34(20-21-8-4-3-5-9-21)16-17-38-30(37)27(33-29(36)22-12-14-24(31)15-13-22)18-23-19-28(35)32-26-11-7-6-10-25(23)26/h3-15,19,27H,2,16-18,20H2,1H3,(H,32,35)(H,33,36). The van der Waals surface area contributed by atoms with Gasteiger partial charge in [0.1, 0.15) is 12.6 Å². The van der Waals surface area contributed by atoms with Crippen molar-refractivity contribution in [2.45, 2.75) is 25.9 Å². The number of H-pyrrole nitrogens is 1. The van der Waals surface area contributed by atoms with Gasteiger partial charge in [0.2, 0.25) is 5.56 Å². The number of carbonyl (C=O) groups excluding carboxylic acids is 2. The number of hydrogen-bond donors (Lipinski definition) is 2. The SMILES string of the molecule is CCN(CCOC(=O)C(Cc1cc(=O)[nH]c2ccccc12)NC(=O)c1ccc(Cl)cc1)Cc1ccccc1. The molecule has 0 saturated carbocycles. The summed E-state index contributed by atoms with van der Waals surface area (Å²) in [6.45, 7) is 4.30. The van der Waals surface area contributed by atoms with Crippen LogP contribution < -0.4 is 10.9 Å². The number of esters is 1. The highest BCUT2D eigenvalue weighted by Crippen LogP contribution is 2.17. The first kappa shape index (κ1) is 27.1. The number of carbonyl (C=O) groups is 2. The molecule has 1 atom stereocenters. The minimum atomic E-state index is -0.993. The third-order valence-electron chi connectivity index (χ3n) is 6.30. The molecule has 8 heteroatoms. The van der Waals surface area contributed by atoms with Gasteiger partial charge in [-0.25, -0.2) is 4.79 Å². The second kappa shape index (κ2) is 13.0. The van der Waals surface area contributed by atoms with Gasteiger partial charge >= 0.3 is 5.97 Å². The zero-order chi connectivity index (χ0) is 26.9. The van der Waals surface area contributed by atoms with Crippen molar-refractivity contribution in [3.05, 3.63) is 117 Å². The Morgan fingerprint density at radius 3 is 2.45 bits per heavy atom. The fourth-order valence-corrected chi connectivity index (χ4v) is 4.39. The van der Waals surface area contributed by atoms with Gasteiger partial charge in [0.25, 0.3) is 5.91 Å². The molecule has 38 heavy (non-hydrogen) atoms. The van der Waals surface area contributed by atoms with Gasteiger partial charge in [-0.05, 0) is 48.0 Å². The molecule has 0 radical (unpaired) electrons. The molecule has 0 fully saturated rings. The Kier molecular flexibility index (Phi) is 9.30. The number of nitrogens with zero attached hydrogens (tertiary/aromatic N) is 1. The first-order valence-corrected chi connectivity index (χ1v) is 12.9. The minimum absolute atomic E-state index is 0.101. The van der Waals surface area contributed by atoms with E-state index in [0.717, 1.165) is 18.5 Å². The summed E-state index contributed by atoms with van der Waals surface area (Å²) in [5.41, 5.74) is 2.56. The second-order valence-corrected chi connectivity index (χ2v) is 9.40. The van der Waals surface area contributed by atoms with Crippen molar-refractivity contribution in [2.24, 2.45) is 0 Å². The molecule has 3 aromatic carbocycles. The first-order chi connectivity index (χ1) is 18.4. The summed E-state index contributed by atoms with van der Waals surface area (Å²) in [6.07, 6.45) is 0.101. The topological polar surface area (TPSA) is 91.5 Å². The molecule has 1 heterocycles. The fraction of sp³-hybridized carbons (Fsp3) is 0.233. The molecular weight excluding hydrogens is 502 g/mol. The van der Waals surface area contributed by atoms with Crippen LogP contribution in [0.1, 0.15) is 28.4 Å².